The zero-order valence-corrected chi connectivity index (χ0v) is 12.8. The first-order valence-electron chi connectivity index (χ1n) is 8.08. The van der Waals surface area contributed by atoms with E-state index in [9.17, 15) is 9.59 Å². The number of likely N-dealkylation sites (tertiary alicyclic amines) is 1. The van der Waals surface area contributed by atoms with E-state index in [0.717, 1.165) is 24.9 Å². The zero-order chi connectivity index (χ0) is 15.4. The second-order valence-electron chi connectivity index (χ2n) is 6.15. The van der Waals surface area contributed by atoms with Crippen molar-refractivity contribution in [2.75, 3.05) is 13.1 Å². The molecule has 2 heterocycles. The summed E-state index contributed by atoms with van der Waals surface area (Å²) in [5, 5.41) is 6.21. The largest absolute Gasteiger partial charge is 0.344 e. The molecule has 0 aliphatic carbocycles. The molecule has 3 rings (SSSR count). The van der Waals surface area contributed by atoms with Crippen LogP contribution in [0.5, 0.6) is 0 Å². The van der Waals surface area contributed by atoms with Crippen LogP contribution in [0.15, 0.2) is 30.3 Å². The molecule has 1 aromatic rings. The molecule has 2 saturated heterocycles. The van der Waals surface area contributed by atoms with Crippen molar-refractivity contribution >= 4 is 11.8 Å². The van der Waals surface area contributed by atoms with Gasteiger partial charge in [-0.05, 0) is 31.4 Å². The van der Waals surface area contributed by atoms with Gasteiger partial charge in [0.2, 0.25) is 11.8 Å². The predicted octanol–water partition coefficient (Wildman–Crippen LogP) is 1.05. The number of amides is 2. The summed E-state index contributed by atoms with van der Waals surface area (Å²) in [4.78, 5) is 26.2. The van der Waals surface area contributed by atoms with Crippen LogP contribution in [-0.4, -0.2) is 41.9 Å². The molecule has 2 amide bonds. The summed E-state index contributed by atoms with van der Waals surface area (Å²) in [6.07, 6.45) is 3.36. The maximum Gasteiger partial charge on any atom is 0.245 e. The fraction of sp³-hybridized carbons (Fsp3) is 0.529. The summed E-state index contributed by atoms with van der Waals surface area (Å²) in [6.45, 7) is 2.32. The van der Waals surface area contributed by atoms with E-state index in [1.165, 1.54) is 0 Å². The normalized spacial score (nSPS) is 24.7. The molecule has 2 unspecified atom stereocenters. The third-order valence-corrected chi connectivity index (χ3v) is 4.44. The quantitative estimate of drug-likeness (QED) is 0.854. The Hall–Kier alpha value is -1.88. The van der Waals surface area contributed by atoms with E-state index < -0.39 is 0 Å². The van der Waals surface area contributed by atoms with E-state index in [-0.39, 0.29) is 23.9 Å². The van der Waals surface area contributed by atoms with Gasteiger partial charge < -0.3 is 15.5 Å². The van der Waals surface area contributed by atoms with E-state index in [1.54, 1.807) is 0 Å². The van der Waals surface area contributed by atoms with Gasteiger partial charge >= 0.3 is 0 Å². The molecule has 2 fully saturated rings. The van der Waals surface area contributed by atoms with Crippen LogP contribution in [0.4, 0.5) is 0 Å². The minimum Gasteiger partial charge on any atom is -0.344 e. The number of nitrogens with zero attached hydrogens (tertiary/aromatic N) is 1. The Kier molecular flexibility index (Phi) is 4.73. The SMILES string of the molecule is O=C(CC1CCCN1)NC1CCN(Cc2ccccc2)C1=O. The number of rotatable bonds is 5. The monoisotopic (exact) mass is 301 g/mol. The van der Waals surface area contributed by atoms with Gasteiger partial charge in [0.15, 0.2) is 0 Å². The number of carbonyl (C=O) groups is 2. The topological polar surface area (TPSA) is 61.4 Å². The first kappa shape index (κ1) is 15.0. The van der Waals surface area contributed by atoms with Crippen LogP contribution in [0.3, 0.4) is 0 Å². The molecule has 22 heavy (non-hydrogen) atoms. The van der Waals surface area contributed by atoms with Crippen LogP contribution in [0.1, 0.15) is 31.2 Å². The highest BCUT2D eigenvalue weighted by Gasteiger charge is 2.33. The lowest BCUT2D eigenvalue weighted by molar-refractivity contribution is -0.133. The maximum absolute atomic E-state index is 12.4. The molecule has 0 bridgehead atoms. The van der Waals surface area contributed by atoms with Crippen LogP contribution >= 0.6 is 0 Å². The highest BCUT2D eigenvalue weighted by Crippen LogP contribution is 2.16. The standard InChI is InChI=1S/C17H23N3O2/c21-16(11-14-7-4-9-18-14)19-15-8-10-20(17(15)22)12-13-5-2-1-3-6-13/h1-3,5-6,14-15,18H,4,7-12H2,(H,19,21). The molecule has 0 saturated carbocycles. The molecule has 0 aromatic heterocycles. The van der Waals surface area contributed by atoms with Gasteiger partial charge in [0, 0.05) is 25.6 Å². The average molecular weight is 301 g/mol. The van der Waals surface area contributed by atoms with Crippen molar-refractivity contribution in [1.82, 2.24) is 15.5 Å². The minimum atomic E-state index is -0.349. The molecule has 5 nitrogen and oxygen atoms in total. The highest BCUT2D eigenvalue weighted by molar-refractivity contribution is 5.89. The van der Waals surface area contributed by atoms with Crippen molar-refractivity contribution in [2.45, 2.75) is 44.3 Å². The lowest BCUT2D eigenvalue weighted by atomic mass is 10.1. The van der Waals surface area contributed by atoms with Crippen molar-refractivity contribution in [2.24, 2.45) is 0 Å². The Morgan fingerprint density at radius 2 is 2.09 bits per heavy atom. The molecular weight excluding hydrogens is 278 g/mol. The number of nitrogens with one attached hydrogen (secondary N) is 2. The first-order chi connectivity index (χ1) is 10.7. The average Bonchev–Trinajstić information content (AvgIpc) is 3.13. The summed E-state index contributed by atoms with van der Waals surface area (Å²) >= 11 is 0. The highest BCUT2D eigenvalue weighted by atomic mass is 16.2. The minimum absolute atomic E-state index is 0.0145. The van der Waals surface area contributed by atoms with Crippen LogP contribution in [0.25, 0.3) is 0 Å². The van der Waals surface area contributed by atoms with E-state index in [0.29, 0.717) is 25.9 Å². The Bertz CT molecular complexity index is 526. The van der Waals surface area contributed by atoms with Gasteiger partial charge in [-0.15, -0.1) is 0 Å². The Morgan fingerprint density at radius 1 is 1.27 bits per heavy atom. The van der Waals surface area contributed by atoms with Crippen molar-refractivity contribution in [1.29, 1.82) is 0 Å². The van der Waals surface area contributed by atoms with Crippen molar-refractivity contribution in [3.05, 3.63) is 35.9 Å². The molecule has 2 N–H and O–H groups in total. The van der Waals surface area contributed by atoms with Crippen LogP contribution in [0.2, 0.25) is 0 Å². The third kappa shape index (κ3) is 3.65. The number of carbonyl (C=O) groups excluding carboxylic acids is 2. The Balaban J connectivity index is 1.49. The van der Waals surface area contributed by atoms with E-state index in [2.05, 4.69) is 10.6 Å². The fourth-order valence-electron chi connectivity index (χ4n) is 3.24. The van der Waals surface area contributed by atoms with Gasteiger partial charge in [0.25, 0.3) is 0 Å². The predicted molar refractivity (Wildman–Crippen MR) is 84.0 cm³/mol. The van der Waals surface area contributed by atoms with E-state index in [4.69, 9.17) is 0 Å². The number of hydrogen-bond acceptors (Lipinski definition) is 3. The van der Waals surface area contributed by atoms with Crippen molar-refractivity contribution < 1.29 is 9.59 Å². The molecule has 118 valence electrons. The molecule has 2 aliphatic heterocycles. The summed E-state index contributed by atoms with van der Waals surface area (Å²) in [7, 11) is 0. The molecule has 5 heteroatoms. The van der Waals surface area contributed by atoms with Gasteiger partial charge in [0.1, 0.15) is 6.04 Å². The summed E-state index contributed by atoms with van der Waals surface area (Å²) in [5.74, 6) is 0.0240. The second kappa shape index (κ2) is 6.92. The van der Waals surface area contributed by atoms with Crippen molar-refractivity contribution in [3.8, 4) is 0 Å². The third-order valence-electron chi connectivity index (χ3n) is 4.44. The molecule has 0 radical (unpaired) electrons. The molecule has 2 aliphatic rings. The second-order valence-corrected chi connectivity index (χ2v) is 6.15. The van der Waals surface area contributed by atoms with Crippen LogP contribution in [-0.2, 0) is 16.1 Å². The van der Waals surface area contributed by atoms with Crippen LogP contribution < -0.4 is 10.6 Å². The Morgan fingerprint density at radius 3 is 2.82 bits per heavy atom. The Labute approximate surface area is 131 Å². The molecule has 0 spiro atoms. The lowest BCUT2D eigenvalue weighted by Gasteiger charge is -2.18. The van der Waals surface area contributed by atoms with Crippen LogP contribution in [0, 0.1) is 0 Å². The van der Waals surface area contributed by atoms with Gasteiger partial charge in [-0.25, -0.2) is 0 Å². The summed E-state index contributed by atoms with van der Waals surface area (Å²) in [6, 6.07) is 9.88. The number of hydrogen-bond donors (Lipinski definition) is 2. The summed E-state index contributed by atoms with van der Waals surface area (Å²) < 4.78 is 0. The molecular formula is C17H23N3O2. The van der Waals surface area contributed by atoms with E-state index in [1.807, 2.05) is 35.2 Å². The van der Waals surface area contributed by atoms with Crippen molar-refractivity contribution in [3.63, 3.8) is 0 Å². The smallest absolute Gasteiger partial charge is 0.245 e. The summed E-state index contributed by atoms with van der Waals surface area (Å²) in [5.41, 5.74) is 1.12. The van der Waals surface area contributed by atoms with E-state index >= 15 is 0 Å². The number of benzene rings is 1. The lowest BCUT2D eigenvalue weighted by Crippen LogP contribution is -2.43. The molecule has 2 atom stereocenters. The zero-order valence-electron chi connectivity index (χ0n) is 12.8. The fourth-order valence-corrected chi connectivity index (χ4v) is 3.24. The maximum atomic E-state index is 12.4. The van der Waals surface area contributed by atoms with Gasteiger partial charge in [-0.1, -0.05) is 30.3 Å². The van der Waals surface area contributed by atoms with Gasteiger partial charge in [-0.2, -0.15) is 0 Å². The molecule has 1 aromatic carbocycles. The van der Waals surface area contributed by atoms with Gasteiger partial charge in [-0.3, -0.25) is 9.59 Å². The first-order valence-corrected chi connectivity index (χ1v) is 8.08. The van der Waals surface area contributed by atoms with Gasteiger partial charge in [0.05, 0.1) is 0 Å².